The molecule has 0 aliphatic heterocycles. The van der Waals surface area contributed by atoms with Gasteiger partial charge in [-0.15, -0.1) is 0 Å². The maximum absolute atomic E-state index is 12.1. The van der Waals surface area contributed by atoms with Gasteiger partial charge in [-0.2, -0.15) is 0 Å². The predicted octanol–water partition coefficient (Wildman–Crippen LogP) is 6.51. The summed E-state index contributed by atoms with van der Waals surface area (Å²) >= 11 is 6.75. The zero-order chi connectivity index (χ0) is 24.2. The molecule has 4 aliphatic rings. The van der Waals surface area contributed by atoms with Gasteiger partial charge in [-0.1, -0.05) is 29.8 Å². The molecule has 180 valence electrons. The molecule has 4 aliphatic carbocycles. The van der Waals surface area contributed by atoms with Crippen molar-refractivity contribution in [3.63, 3.8) is 0 Å². The number of carbonyl (C=O) groups excluding carboxylic acids is 1. The number of nitrogens with one attached hydrogen (secondary N) is 1. The van der Waals surface area contributed by atoms with Crippen molar-refractivity contribution in [3.05, 3.63) is 71.0 Å². The molecule has 35 heavy (non-hydrogen) atoms. The van der Waals surface area contributed by atoms with Gasteiger partial charge >= 0.3 is 5.97 Å². The molecule has 7 heteroatoms. The van der Waals surface area contributed by atoms with Crippen LogP contribution in [0, 0.1) is 17.8 Å². The number of methoxy groups -OCH3 is 1. The SMILES string of the molecule is COC(=O)c1ccccc1N(C)c1cnc(Nc2ccc(C34CC5CC(CC3C5)C4)cc2Cl)cn1. The van der Waals surface area contributed by atoms with Crippen molar-refractivity contribution >= 4 is 40.6 Å². The summed E-state index contributed by atoms with van der Waals surface area (Å²) in [5.41, 5.74) is 3.76. The molecule has 2 unspecified atom stereocenters. The lowest BCUT2D eigenvalue weighted by molar-refractivity contribution is 0.0601. The van der Waals surface area contributed by atoms with Crippen molar-refractivity contribution in [3.8, 4) is 0 Å². The second-order valence-electron chi connectivity index (χ2n) is 10.3. The topological polar surface area (TPSA) is 67.3 Å². The Hall–Kier alpha value is -3.12. The molecule has 0 spiro atoms. The van der Waals surface area contributed by atoms with Crippen LogP contribution in [0.3, 0.4) is 0 Å². The summed E-state index contributed by atoms with van der Waals surface area (Å²) in [6.45, 7) is 0. The molecular formula is C28H29ClN4O2. The van der Waals surface area contributed by atoms with E-state index in [0.29, 0.717) is 28.3 Å². The Morgan fingerprint density at radius 2 is 1.86 bits per heavy atom. The fourth-order valence-corrected chi connectivity index (χ4v) is 7.29. The van der Waals surface area contributed by atoms with Crippen LogP contribution in [0.5, 0.6) is 0 Å². The van der Waals surface area contributed by atoms with E-state index < -0.39 is 5.97 Å². The summed E-state index contributed by atoms with van der Waals surface area (Å²) in [5.74, 6) is 3.48. The van der Waals surface area contributed by atoms with Crippen LogP contribution in [0.15, 0.2) is 54.9 Å². The summed E-state index contributed by atoms with van der Waals surface area (Å²) in [7, 11) is 3.22. The zero-order valence-corrected chi connectivity index (χ0v) is 20.8. The van der Waals surface area contributed by atoms with Crippen LogP contribution in [-0.2, 0) is 10.2 Å². The Balaban J connectivity index is 1.19. The van der Waals surface area contributed by atoms with Gasteiger partial charge in [0.15, 0.2) is 5.82 Å². The largest absolute Gasteiger partial charge is 0.465 e. The van der Waals surface area contributed by atoms with E-state index in [1.807, 2.05) is 24.1 Å². The third kappa shape index (κ3) is 3.75. The molecule has 0 radical (unpaired) electrons. The number of anilines is 4. The zero-order valence-electron chi connectivity index (χ0n) is 20.0. The van der Waals surface area contributed by atoms with Gasteiger partial charge in [0.25, 0.3) is 0 Å². The van der Waals surface area contributed by atoms with Crippen LogP contribution in [-0.4, -0.2) is 30.1 Å². The van der Waals surface area contributed by atoms with Crippen molar-refractivity contribution in [2.75, 3.05) is 24.4 Å². The summed E-state index contributed by atoms with van der Waals surface area (Å²) in [5, 5.41) is 4.03. The van der Waals surface area contributed by atoms with Crippen LogP contribution in [0.1, 0.15) is 48.0 Å². The monoisotopic (exact) mass is 488 g/mol. The number of rotatable bonds is 6. The highest BCUT2D eigenvalue weighted by molar-refractivity contribution is 6.33. The highest BCUT2D eigenvalue weighted by Gasteiger charge is 2.58. The number of aromatic nitrogens is 2. The molecule has 1 N–H and O–H groups in total. The number of hydrogen-bond donors (Lipinski definition) is 1. The van der Waals surface area contributed by atoms with Crippen molar-refractivity contribution < 1.29 is 9.53 Å². The number of benzene rings is 2. The number of para-hydroxylation sites is 1. The fourth-order valence-electron chi connectivity index (χ4n) is 7.06. The maximum Gasteiger partial charge on any atom is 0.339 e. The van der Waals surface area contributed by atoms with Crippen LogP contribution in [0.4, 0.5) is 23.0 Å². The van der Waals surface area contributed by atoms with Gasteiger partial charge in [0.05, 0.1) is 41.5 Å². The lowest BCUT2D eigenvalue weighted by Gasteiger charge is -2.33. The third-order valence-electron chi connectivity index (χ3n) is 8.45. The number of ether oxygens (including phenoxy) is 1. The predicted molar refractivity (Wildman–Crippen MR) is 138 cm³/mol. The van der Waals surface area contributed by atoms with Crippen LogP contribution in [0.25, 0.3) is 0 Å². The molecule has 2 atom stereocenters. The molecule has 7 rings (SSSR count). The van der Waals surface area contributed by atoms with Crippen LogP contribution < -0.4 is 10.2 Å². The van der Waals surface area contributed by atoms with Crippen molar-refractivity contribution in [2.45, 2.75) is 37.5 Å². The lowest BCUT2D eigenvalue weighted by Crippen LogP contribution is -2.27. The van der Waals surface area contributed by atoms with Crippen LogP contribution in [0.2, 0.25) is 5.02 Å². The molecular weight excluding hydrogens is 460 g/mol. The van der Waals surface area contributed by atoms with Crippen molar-refractivity contribution in [2.24, 2.45) is 17.8 Å². The summed E-state index contributed by atoms with van der Waals surface area (Å²) in [6.07, 6.45) is 10.2. The smallest absolute Gasteiger partial charge is 0.339 e. The van der Waals surface area contributed by atoms with E-state index in [-0.39, 0.29) is 0 Å². The van der Waals surface area contributed by atoms with Gasteiger partial charge < -0.3 is 15.0 Å². The Bertz CT molecular complexity index is 1260. The average Bonchev–Trinajstić information content (AvgIpc) is 3.29. The Labute approximate surface area is 210 Å². The molecule has 1 aromatic heterocycles. The minimum atomic E-state index is -0.394. The molecule has 0 saturated heterocycles. The highest BCUT2D eigenvalue weighted by Crippen LogP contribution is 2.66. The molecule has 6 nitrogen and oxygen atoms in total. The average molecular weight is 489 g/mol. The molecule has 4 bridgehead atoms. The van der Waals surface area contributed by atoms with Gasteiger partial charge in [0.1, 0.15) is 5.82 Å². The molecule has 0 amide bonds. The van der Waals surface area contributed by atoms with Gasteiger partial charge in [0.2, 0.25) is 0 Å². The van der Waals surface area contributed by atoms with E-state index in [0.717, 1.165) is 28.5 Å². The summed E-state index contributed by atoms with van der Waals surface area (Å²) < 4.78 is 4.91. The Morgan fingerprint density at radius 3 is 2.54 bits per heavy atom. The van der Waals surface area contributed by atoms with E-state index in [1.165, 1.54) is 44.8 Å². The molecule has 3 aromatic rings. The highest BCUT2D eigenvalue weighted by atomic mass is 35.5. The molecule has 1 heterocycles. The van der Waals surface area contributed by atoms with Crippen molar-refractivity contribution in [1.82, 2.24) is 9.97 Å². The van der Waals surface area contributed by atoms with E-state index >= 15 is 0 Å². The number of esters is 1. The minimum Gasteiger partial charge on any atom is -0.465 e. The quantitative estimate of drug-likeness (QED) is 0.399. The number of hydrogen-bond acceptors (Lipinski definition) is 6. The van der Waals surface area contributed by atoms with Gasteiger partial charge in [-0.25, -0.2) is 14.8 Å². The molecule has 2 aromatic carbocycles. The maximum atomic E-state index is 12.1. The number of halogens is 1. The van der Waals surface area contributed by atoms with Gasteiger partial charge in [-0.3, -0.25) is 0 Å². The molecule has 4 saturated carbocycles. The number of carbonyl (C=O) groups is 1. The second kappa shape index (κ2) is 8.52. The first-order valence-electron chi connectivity index (χ1n) is 12.3. The lowest BCUT2D eigenvalue weighted by atomic mass is 9.71. The van der Waals surface area contributed by atoms with E-state index in [9.17, 15) is 4.79 Å². The minimum absolute atomic E-state index is 0.349. The summed E-state index contributed by atoms with van der Waals surface area (Å²) in [6, 6.07) is 13.8. The van der Waals surface area contributed by atoms with Gasteiger partial charge in [-0.05, 0) is 85.1 Å². The van der Waals surface area contributed by atoms with E-state index in [1.54, 1.807) is 24.5 Å². The van der Waals surface area contributed by atoms with Crippen LogP contribution >= 0.6 is 11.6 Å². The normalized spacial score (nSPS) is 26.1. The summed E-state index contributed by atoms with van der Waals surface area (Å²) in [4.78, 5) is 23.0. The number of nitrogens with zero attached hydrogens (tertiary/aromatic N) is 3. The fraction of sp³-hybridized carbons (Fsp3) is 0.393. The van der Waals surface area contributed by atoms with Gasteiger partial charge in [0, 0.05) is 7.05 Å². The Kier molecular flexibility index (Phi) is 5.44. The first kappa shape index (κ1) is 22.4. The first-order chi connectivity index (χ1) is 17.0. The third-order valence-corrected chi connectivity index (χ3v) is 8.76. The van der Waals surface area contributed by atoms with Crippen molar-refractivity contribution in [1.29, 1.82) is 0 Å². The van der Waals surface area contributed by atoms with E-state index in [4.69, 9.17) is 16.3 Å². The second-order valence-corrected chi connectivity index (χ2v) is 10.8. The van der Waals surface area contributed by atoms with E-state index in [2.05, 4.69) is 33.5 Å². The Morgan fingerprint density at radius 1 is 1.09 bits per heavy atom. The molecule has 4 fully saturated rings. The standard InChI is InChI=1S/C28H29ClN4O2/c1-33(24-6-4-3-5-21(24)27(34)35-2)26-16-30-25(15-31-26)32-23-8-7-19(12-22(23)29)28-13-17-9-18(14-28)11-20(28)10-17/h3-8,12,15-18,20H,9-11,13-14H2,1-2H3,(H,30,32). The first-order valence-corrected chi connectivity index (χ1v) is 12.6.